The molecule has 1 aliphatic rings. The SMILES string of the molecule is C[C@H](NC(=O)c1cc(-c2ccc(F)cn2)cc(C(O)C(F)(F)F)c1)C1N=CNN1. The highest BCUT2D eigenvalue weighted by molar-refractivity contribution is 5.96. The van der Waals surface area contributed by atoms with E-state index in [-0.39, 0.29) is 16.8 Å². The molecule has 2 heterocycles. The number of carbonyl (C=O) groups excluding carboxylic acids is 1. The van der Waals surface area contributed by atoms with Crippen LogP contribution in [0.4, 0.5) is 17.6 Å². The topological polar surface area (TPSA) is 98.6 Å². The molecule has 29 heavy (non-hydrogen) atoms. The number of rotatable bonds is 5. The maximum atomic E-state index is 13.1. The fourth-order valence-electron chi connectivity index (χ4n) is 2.72. The fraction of sp³-hybridized carbons (Fsp3) is 0.278. The average Bonchev–Trinajstić information content (AvgIpc) is 3.22. The largest absolute Gasteiger partial charge is 0.418 e. The van der Waals surface area contributed by atoms with Crippen LogP contribution in [-0.4, -0.2) is 40.7 Å². The third kappa shape index (κ3) is 4.87. The highest BCUT2D eigenvalue weighted by Gasteiger charge is 2.40. The number of pyridine rings is 1. The number of hydrazine groups is 1. The molecule has 0 aliphatic carbocycles. The number of alkyl halides is 3. The molecule has 0 spiro atoms. The van der Waals surface area contributed by atoms with Gasteiger partial charge in [0.25, 0.3) is 5.91 Å². The van der Waals surface area contributed by atoms with Gasteiger partial charge >= 0.3 is 6.18 Å². The summed E-state index contributed by atoms with van der Waals surface area (Å²) in [7, 11) is 0. The molecule has 154 valence electrons. The minimum atomic E-state index is -4.93. The fourth-order valence-corrected chi connectivity index (χ4v) is 2.72. The summed E-state index contributed by atoms with van der Waals surface area (Å²) in [5.74, 6) is -1.29. The molecular weight excluding hydrogens is 394 g/mol. The predicted molar refractivity (Wildman–Crippen MR) is 96.1 cm³/mol. The maximum absolute atomic E-state index is 13.1. The molecule has 0 fully saturated rings. The molecule has 1 amide bonds. The van der Waals surface area contributed by atoms with Crippen LogP contribution in [0, 0.1) is 5.82 Å². The first-order chi connectivity index (χ1) is 13.6. The lowest BCUT2D eigenvalue weighted by Gasteiger charge is -2.20. The van der Waals surface area contributed by atoms with E-state index in [9.17, 15) is 27.5 Å². The van der Waals surface area contributed by atoms with Crippen LogP contribution >= 0.6 is 0 Å². The van der Waals surface area contributed by atoms with Crippen molar-refractivity contribution < 1.29 is 27.5 Å². The highest BCUT2D eigenvalue weighted by atomic mass is 19.4. The van der Waals surface area contributed by atoms with Gasteiger partial charge in [-0.05, 0) is 42.8 Å². The van der Waals surface area contributed by atoms with E-state index >= 15 is 0 Å². The molecule has 11 heteroatoms. The number of aliphatic hydroxyl groups excluding tert-OH is 1. The number of amides is 1. The Labute approximate surface area is 162 Å². The molecule has 0 radical (unpaired) electrons. The van der Waals surface area contributed by atoms with Crippen LogP contribution in [0.2, 0.25) is 0 Å². The quantitative estimate of drug-likeness (QED) is 0.565. The zero-order valence-electron chi connectivity index (χ0n) is 15.0. The van der Waals surface area contributed by atoms with E-state index < -0.39 is 41.8 Å². The van der Waals surface area contributed by atoms with Crippen molar-refractivity contribution in [3.05, 3.63) is 53.5 Å². The molecule has 1 aliphatic heterocycles. The second-order valence-electron chi connectivity index (χ2n) is 6.42. The van der Waals surface area contributed by atoms with Crippen LogP contribution in [-0.2, 0) is 0 Å². The number of aliphatic imine (C=N–C) groups is 1. The smallest absolute Gasteiger partial charge is 0.379 e. The molecule has 3 atom stereocenters. The second kappa shape index (κ2) is 8.13. The molecule has 1 aromatic heterocycles. The summed E-state index contributed by atoms with van der Waals surface area (Å²) < 4.78 is 52.2. The number of hydrogen-bond acceptors (Lipinski definition) is 6. The summed E-state index contributed by atoms with van der Waals surface area (Å²) in [6, 6.07) is 5.20. The van der Waals surface area contributed by atoms with Gasteiger partial charge in [-0.2, -0.15) is 13.2 Å². The van der Waals surface area contributed by atoms with E-state index in [2.05, 4.69) is 26.1 Å². The molecule has 1 aromatic carbocycles. The number of hydrogen-bond donors (Lipinski definition) is 4. The van der Waals surface area contributed by atoms with Crippen molar-refractivity contribution in [2.24, 2.45) is 4.99 Å². The lowest BCUT2D eigenvalue weighted by atomic mass is 9.99. The number of benzene rings is 1. The summed E-state index contributed by atoms with van der Waals surface area (Å²) in [5, 5.41) is 12.3. The van der Waals surface area contributed by atoms with Gasteiger partial charge < -0.3 is 15.8 Å². The molecule has 3 rings (SSSR count). The zero-order chi connectivity index (χ0) is 21.2. The monoisotopic (exact) mass is 411 g/mol. The lowest BCUT2D eigenvalue weighted by Crippen LogP contribution is -2.47. The van der Waals surface area contributed by atoms with Crippen LogP contribution in [0.5, 0.6) is 0 Å². The van der Waals surface area contributed by atoms with Crippen LogP contribution in [0.25, 0.3) is 11.3 Å². The van der Waals surface area contributed by atoms with Gasteiger partial charge in [0.2, 0.25) is 0 Å². The summed E-state index contributed by atoms with van der Waals surface area (Å²) >= 11 is 0. The standard InChI is InChI=1S/C18H17F4N5O2/c1-9(16-24-8-25-27-16)26-17(29)12-5-10(14-3-2-13(19)7-23-14)4-11(6-12)15(28)18(20,21)22/h2-9,15-16,27-28H,1H3,(H,24,25)(H,26,29)/t9-,15?,16?/m0/s1. The molecule has 0 saturated heterocycles. The summed E-state index contributed by atoms with van der Waals surface area (Å²) in [5.41, 5.74) is 5.07. The molecule has 0 bridgehead atoms. The Balaban J connectivity index is 1.96. The van der Waals surface area contributed by atoms with E-state index in [0.717, 1.165) is 24.4 Å². The van der Waals surface area contributed by atoms with Gasteiger partial charge in [-0.3, -0.25) is 14.8 Å². The predicted octanol–water partition coefficient (Wildman–Crippen LogP) is 2.06. The second-order valence-corrected chi connectivity index (χ2v) is 6.42. The van der Waals surface area contributed by atoms with Gasteiger partial charge in [0.05, 0.1) is 24.3 Å². The Morgan fingerprint density at radius 3 is 2.62 bits per heavy atom. The van der Waals surface area contributed by atoms with E-state index in [1.807, 2.05) is 0 Å². The number of halogens is 4. The Morgan fingerprint density at radius 2 is 2.03 bits per heavy atom. The van der Waals surface area contributed by atoms with Gasteiger partial charge in [-0.15, -0.1) is 0 Å². The normalized spacial score (nSPS) is 18.2. The molecule has 4 N–H and O–H groups in total. The van der Waals surface area contributed by atoms with E-state index in [4.69, 9.17) is 0 Å². The van der Waals surface area contributed by atoms with E-state index in [1.54, 1.807) is 6.92 Å². The van der Waals surface area contributed by atoms with Crippen molar-refractivity contribution in [3.63, 3.8) is 0 Å². The third-order valence-electron chi connectivity index (χ3n) is 4.23. The van der Waals surface area contributed by atoms with Crippen molar-refractivity contribution in [2.45, 2.75) is 31.4 Å². The van der Waals surface area contributed by atoms with Crippen LogP contribution in [0.3, 0.4) is 0 Å². The van der Waals surface area contributed by atoms with E-state index in [1.165, 1.54) is 18.5 Å². The first kappa shape index (κ1) is 20.7. The average molecular weight is 411 g/mol. The Kier molecular flexibility index (Phi) is 5.80. The first-order valence-corrected chi connectivity index (χ1v) is 8.50. The molecule has 2 unspecified atom stereocenters. The van der Waals surface area contributed by atoms with Gasteiger partial charge in [0.15, 0.2) is 6.10 Å². The Morgan fingerprint density at radius 1 is 1.28 bits per heavy atom. The number of nitrogens with zero attached hydrogens (tertiary/aromatic N) is 2. The zero-order valence-corrected chi connectivity index (χ0v) is 15.0. The van der Waals surface area contributed by atoms with Gasteiger partial charge in [-0.25, -0.2) is 9.82 Å². The minimum absolute atomic E-state index is 0.117. The number of carbonyl (C=O) groups is 1. The lowest BCUT2D eigenvalue weighted by molar-refractivity contribution is -0.206. The third-order valence-corrected chi connectivity index (χ3v) is 4.23. The van der Waals surface area contributed by atoms with Crippen molar-refractivity contribution in [1.82, 2.24) is 21.2 Å². The van der Waals surface area contributed by atoms with Crippen molar-refractivity contribution in [1.29, 1.82) is 0 Å². The van der Waals surface area contributed by atoms with Crippen LogP contribution in [0.1, 0.15) is 28.9 Å². The Hall–Kier alpha value is -3.05. The van der Waals surface area contributed by atoms with Crippen LogP contribution < -0.4 is 16.2 Å². The van der Waals surface area contributed by atoms with Gasteiger partial charge in [0.1, 0.15) is 12.0 Å². The minimum Gasteiger partial charge on any atom is -0.379 e. The van der Waals surface area contributed by atoms with Crippen molar-refractivity contribution in [3.8, 4) is 11.3 Å². The van der Waals surface area contributed by atoms with Crippen LogP contribution in [0.15, 0.2) is 41.5 Å². The molecule has 2 aromatic rings. The highest BCUT2D eigenvalue weighted by Crippen LogP contribution is 2.34. The number of nitrogens with one attached hydrogen (secondary N) is 3. The number of aliphatic hydroxyl groups is 1. The van der Waals surface area contributed by atoms with Gasteiger partial charge in [0, 0.05) is 11.1 Å². The van der Waals surface area contributed by atoms with Crippen molar-refractivity contribution in [2.75, 3.05) is 0 Å². The summed E-state index contributed by atoms with van der Waals surface area (Å²) in [6.07, 6.45) is -5.87. The molecule has 0 saturated carbocycles. The first-order valence-electron chi connectivity index (χ1n) is 8.50. The van der Waals surface area contributed by atoms with E-state index in [0.29, 0.717) is 0 Å². The maximum Gasteiger partial charge on any atom is 0.418 e. The van der Waals surface area contributed by atoms with Crippen molar-refractivity contribution >= 4 is 12.2 Å². The summed E-state index contributed by atoms with van der Waals surface area (Å²) in [6.45, 7) is 1.66. The Bertz CT molecular complexity index is 917. The van der Waals surface area contributed by atoms with Gasteiger partial charge in [-0.1, -0.05) is 0 Å². The molecule has 7 nitrogen and oxygen atoms in total. The molecular formula is C18H17F4N5O2. The number of aromatic nitrogens is 1. The summed E-state index contributed by atoms with van der Waals surface area (Å²) in [4.78, 5) is 20.5.